The monoisotopic (exact) mass is 479 g/mol. The van der Waals surface area contributed by atoms with Gasteiger partial charge in [0, 0.05) is 20.0 Å². The minimum atomic E-state index is -1.24. The Labute approximate surface area is 195 Å². The lowest BCUT2D eigenvalue weighted by atomic mass is 9.89. The second-order valence-electron chi connectivity index (χ2n) is 7.99. The first-order valence-electron chi connectivity index (χ1n) is 10.5. The summed E-state index contributed by atoms with van der Waals surface area (Å²) in [5.74, 6) is -2.07. The van der Waals surface area contributed by atoms with E-state index in [4.69, 9.17) is 21.4 Å². The van der Waals surface area contributed by atoms with Gasteiger partial charge in [0.25, 0.3) is 0 Å². The summed E-state index contributed by atoms with van der Waals surface area (Å²) >= 11 is 7.32. The highest BCUT2D eigenvalue weighted by Gasteiger charge is 2.25. The van der Waals surface area contributed by atoms with Crippen LogP contribution >= 0.6 is 22.9 Å². The Morgan fingerprint density at radius 3 is 2.53 bits per heavy atom. The average molecular weight is 480 g/mol. The van der Waals surface area contributed by atoms with Crippen LogP contribution in [0.15, 0.2) is 24.3 Å². The first kappa shape index (κ1) is 24.1. The first-order valence-corrected chi connectivity index (χ1v) is 11.7. The summed E-state index contributed by atoms with van der Waals surface area (Å²) in [6.07, 6.45) is 5.97. The maximum atomic E-state index is 12.3. The van der Waals surface area contributed by atoms with Crippen LogP contribution in [0.4, 0.5) is 0 Å². The number of rotatable bonds is 9. The summed E-state index contributed by atoms with van der Waals surface area (Å²) in [6.45, 7) is 2.07. The smallest absolute Gasteiger partial charge is 0.349 e. The van der Waals surface area contributed by atoms with Crippen LogP contribution in [0.1, 0.15) is 54.3 Å². The van der Waals surface area contributed by atoms with Crippen LogP contribution in [-0.4, -0.2) is 46.1 Å². The van der Waals surface area contributed by atoms with Gasteiger partial charge in [-0.05, 0) is 36.0 Å². The Hall–Kier alpha value is -2.58. The lowest BCUT2D eigenvalue weighted by Crippen LogP contribution is -2.33. The van der Waals surface area contributed by atoms with E-state index >= 15 is 0 Å². The van der Waals surface area contributed by atoms with E-state index in [2.05, 4.69) is 0 Å². The van der Waals surface area contributed by atoms with Gasteiger partial charge < -0.3 is 19.8 Å². The topological polar surface area (TPSA) is 104 Å². The number of benzene rings is 1. The van der Waals surface area contributed by atoms with Gasteiger partial charge in [0.15, 0.2) is 17.2 Å². The molecule has 0 atom stereocenters. The Kier molecular flexibility index (Phi) is 8.15. The van der Waals surface area contributed by atoms with E-state index in [-0.39, 0.29) is 21.6 Å². The Balaban J connectivity index is 1.84. The van der Waals surface area contributed by atoms with Gasteiger partial charge in [-0.25, -0.2) is 9.59 Å². The van der Waals surface area contributed by atoms with Crippen LogP contribution < -0.4 is 4.74 Å². The van der Waals surface area contributed by atoms with E-state index in [1.807, 2.05) is 23.1 Å². The molecule has 0 aliphatic heterocycles. The number of nitrogens with zero attached hydrogens (tertiary/aromatic N) is 1. The van der Waals surface area contributed by atoms with Gasteiger partial charge in [-0.3, -0.25) is 4.79 Å². The van der Waals surface area contributed by atoms with Gasteiger partial charge in [0.2, 0.25) is 5.91 Å². The van der Waals surface area contributed by atoms with Crippen molar-refractivity contribution in [1.29, 1.82) is 0 Å². The van der Waals surface area contributed by atoms with Crippen LogP contribution in [0.25, 0.3) is 10.4 Å². The molecule has 7 nitrogen and oxygen atoms in total. The molecule has 1 amide bonds. The van der Waals surface area contributed by atoms with Crippen molar-refractivity contribution in [3.8, 4) is 16.2 Å². The van der Waals surface area contributed by atoms with Crippen LogP contribution in [0.3, 0.4) is 0 Å². The van der Waals surface area contributed by atoms with Crippen molar-refractivity contribution in [2.45, 2.75) is 45.6 Å². The molecule has 1 aliphatic rings. The van der Waals surface area contributed by atoms with Crippen LogP contribution in [-0.2, 0) is 16.1 Å². The number of halogens is 1. The van der Waals surface area contributed by atoms with Crippen molar-refractivity contribution >= 4 is 40.8 Å². The molecule has 2 N–H and O–H groups in total. The van der Waals surface area contributed by atoms with Gasteiger partial charge in [-0.2, -0.15) is 0 Å². The lowest BCUT2D eigenvalue weighted by Gasteiger charge is -2.29. The van der Waals surface area contributed by atoms with E-state index in [9.17, 15) is 19.5 Å². The molecule has 2 aromatic rings. The molecule has 1 aliphatic carbocycles. The molecule has 0 radical (unpaired) electrons. The highest BCUT2D eigenvalue weighted by Crippen LogP contribution is 2.45. The number of carboxylic acid groups (broad SMARTS) is 2. The Morgan fingerprint density at radius 2 is 1.91 bits per heavy atom. The lowest BCUT2D eigenvalue weighted by molar-refractivity contribution is -0.139. The first-order chi connectivity index (χ1) is 15.3. The van der Waals surface area contributed by atoms with E-state index in [0.29, 0.717) is 22.9 Å². The zero-order valence-corrected chi connectivity index (χ0v) is 19.4. The maximum absolute atomic E-state index is 12.3. The molecule has 1 saturated carbocycles. The summed E-state index contributed by atoms with van der Waals surface area (Å²) in [7, 11) is 0. The van der Waals surface area contributed by atoms with Gasteiger partial charge in [-0.15, -0.1) is 11.3 Å². The predicted octanol–water partition coefficient (Wildman–Crippen LogP) is 5.16. The number of ether oxygens (including phenoxy) is 1. The maximum Gasteiger partial charge on any atom is 0.349 e. The average Bonchev–Trinajstić information content (AvgIpc) is 3.09. The summed E-state index contributed by atoms with van der Waals surface area (Å²) in [6, 6.07) is 7.42. The SMILES string of the molecule is CC(=O)N(Cc1cccc(-c2sc(C(=O)O)c(OCC(=O)O)c2Cl)c1)CC1CCCCC1. The van der Waals surface area contributed by atoms with Gasteiger partial charge >= 0.3 is 11.9 Å². The third-order valence-electron chi connectivity index (χ3n) is 5.55. The van der Waals surface area contributed by atoms with E-state index in [0.717, 1.165) is 36.3 Å². The summed E-state index contributed by atoms with van der Waals surface area (Å²) in [4.78, 5) is 36.9. The number of carbonyl (C=O) groups is 3. The zero-order valence-electron chi connectivity index (χ0n) is 17.8. The van der Waals surface area contributed by atoms with Crippen molar-refractivity contribution in [2.24, 2.45) is 5.92 Å². The number of carbonyl (C=O) groups excluding carboxylic acids is 1. The van der Waals surface area contributed by atoms with E-state index in [1.54, 1.807) is 13.0 Å². The summed E-state index contributed by atoms with van der Waals surface area (Å²) in [5.41, 5.74) is 1.59. The number of hydrogen-bond donors (Lipinski definition) is 2. The molecule has 0 saturated heterocycles. The number of aromatic carboxylic acids is 1. The van der Waals surface area contributed by atoms with Crippen molar-refractivity contribution in [2.75, 3.05) is 13.2 Å². The van der Waals surface area contributed by atoms with Crippen molar-refractivity contribution in [1.82, 2.24) is 4.90 Å². The Morgan fingerprint density at radius 1 is 1.19 bits per heavy atom. The van der Waals surface area contributed by atoms with Crippen LogP contribution in [0.2, 0.25) is 5.02 Å². The molecule has 0 spiro atoms. The highest BCUT2D eigenvalue weighted by atomic mass is 35.5. The van der Waals surface area contributed by atoms with E-state index < -0.39 is 18.5 Å². The third kappa shape index (κ3) is 6.01. The zero-order chi connectivity index (χ0) is 23.3. The molecular weight excluding hydrogens is 454 g/mol. The number of carboxylic acids is 2. The van der Waals surface area contributed by atoms with Gasteiger partial charge in [-0.1, -0.05) is 49.1 Å². The molecule has 1 aromatic heterocycles. The minimum absolute atomic E-state index is 0.0210. The van der Waals surface area contributed by atoms with E-state index in [1.165, 1.54) is 19.3 Å². The second kappa shape index (κ2) is 10.8. The fourth-order valence-electron chi connectivity index (χ4n) is 4.00. The molecule has 0 unspecified atom stereocenters. The molecule has 3 rings (SSSR count). The highest BCUT2D eigenvalue weighted by molar-refractivity contribution is 7.18. The normalized spacial score (nSPS) is 14.2. The molecule has 1 heterocycles. The molecule has 172 valence electrons. The molecule has 9 heteroatoms. The quantitative estimate of drug-likeness (QED) is 0.514. The van der Waals surface area contributed by atoms with Crippen molar-refractivity contribution in [3.63, 3.8) is 0 Å². The summed E-state index contributed by atoms with van der Waals surface area (Å²) in [5, 5.41) is 18.4. The minimum Gasteiger partial charge on any atom is -0.479 e. The fraction of sp³-hybridized carbons (Fsp3) is 0.435. The van der Waals surface area contributed by atoms with Crippen LogP contribution in [0.5, 0.6) is 5.75 Å². The van der Waals surface area contributed by atoms with Crippen molar-refractivity contribution in [3.05, 3.63) is 39.7 Å². The molecular formula is C23H26ClNO6S. The molecule has 0 bridgehead atoms. The Bertz CT molecular complexity index is 998. The molecule has 1 fully saturated rings. The summed E-state index contributed by atoms with van der Waals surface area (Å²) < 4.78 is 5.15. The van der Waals surface area contributed by atoms with Gasteiger partial charge in [0.1, 0.15) is 5.02 Å². The fourth-order valence-corrected chi connectivity index (χ4v) is 5.40. The third-order valence-corrected chi connectivity index (χ3v) is 7.24. The number of amides is 1. The van der Waals surface area contributed by atoms with Crippen molar-refractivity contribution < 1.29 is 29.3 Å². The number of hydrogen-bond acceptors (Lipinski definition) is 5. The second-order valence-corrected chi connectivity index (χ2v) is 9.39. The molecule has 32 heavy (non-hydrogen) atoms. The number of thiophene rings is 1. The largest absolute Gasteiger partial charge is 0.479 e. The standard InChI is InChI=1S/C23H26ClNO6S/c1-14(26)25(11-15-6-3-2-4-7-15)12-16-8-5-9-17(10-16)21-19(24)20(31-13-18(27)28)22(32-21)23(29)30/h5,8-10,15H,2-4,6-7,11-13H2,1H3,(H,27,28)(H,29,30). The van der Waals surface area contributed by atoms with Gasteiger partial charge in [0.05, 0.1) is 4.88 Å². The number of aliphatic carboxylic acids is 1. The van der Waals surface area contributed by atoms with Crippen LogP contribution in [0, 0.1) is 5.92 Å². The molecule has 1 aromatic carbocycles. The predicted molar refractivity (Wildman–Crippen MR) is 123 cm³/mol.